The molecule has 0 atom stereocenters. The van der Waals surface area contributed by atoms with Gasteiger partial charge in [-0.25, -0.2) is 14.6 Å². The molecule has 3 aliphatic heterocycles. The largest absolute Gasteiger partial charge is 0.415 e. The zero-order chi connectivity index (χ0) is 19.5. The van der Waals surface area contributed by atoms with Gasteiger partial charge < -0.3 is 9.64 Å². The highest BCUT2D eigenvalue weighted by atomic mass is 32.2. The van der Waals surface area contributed by atoms with Crippen molar-refractivity contribution in [3.63, 3.8) is 0 Å². The van der Waals surface area contributed by atoms with E-state index in [0.29, 0.717) is 28.7 Å². The lowest BCUT2D eigenvalue weighted by molar-refractivity contribution is -0.113. The fourth-order valence-corrected chi connectivity index (χ4v) is 4.20. The Morgan fingerprint density at radius 1 is 1.21 bits per heavy atom. The molecule has 0 spiro atoms. The Kier molecular flexibility index (Phi) is 5.63. The predicted molar refractivity (Wildman–Crippen MR) is 105 cm³/mol. The highest BCUT2D eigenvalue weighted by Crippen LogP contribution is 2.33. The Morgan fingerprint density at radius 3 is 2.75 bits per heavy atom. The lowest BCUT2D eigenvalue weighted by atomic mass is 10.2. The summed E-state index contributed by atoms with van der Waals surface area (Å²) in [6, 6.07) is 3.90. The monoisotopic (exact) mass is 404 g/mol. The summed E-state index contributed by atoms with van der Waals surface area (Å²) >= 11 is 1.23. The first kappa shape index (κ1) is 18.9. The average Bonchev–Trinajstić information content (AvgIpc) is 3.35. The summed E-state index contributed by atoms with van der Waals surface area (Å²) in [6.07, 6.45) is 5.09. The van der Waals surface area contributed by atoms with Gasteiger partial charge in [0.25, 0.3) is 5.91 Å². The van der Waals surface area contributed by atoms with E-state index < -0.39 is 11.9 Å². The van der Waals surface area contributed by atoms with Gasteiger partial charge >= 0.3 is 6.09 Å². The smallest absolute Gasteiger partial charge is 0.410 e. The second kappa shape index (κ2) is 8.32. The van der Waals surface area contributed by atoms with Gasteiger partial charge in [-0.2, -0.15) is 4.99 Å². The maximum absolute atomic E-state index is 13.8. The van der Waals surface area contributed by atoms with Crippen molar-refractivity contribution in [3.05, 3.63) is 34.5 Å². The Bertz CT molecular complexity index is 846. The number of hydrazine groups is 1. The number of amides is 2. The number of carbonyl (C=O) groups excluding carboxylic acids is 2. The molecule has 2 fully saturated rings. The second-order valence-electron chi connectivity index (χ2n) is 6.82. The fraction of sp³-hybridized carbons (Fsp3) is 0.421. The van der Waals surface area contributed by atoms with E-state index in [1.165, 1.54) is 36.0 Å². The zero-order valence-corrected chi connectivity index (χ0v) is 16.1. The average molecular weight is 404 g/mol. The van der Waals surface area contributed by atoms with Gasteiger partial charge in [-0.05, 0) is 61.7 Å². The summed E-state index contributed by atoms with van der Waals surface area (Å²) in [6.45, 7) is 2.94. The molecule has 0 saturated carbocycles. The molecule has 0 unspecified atom stereocenters. The van der Waals surface area contributed by atoms with Crippen molar-refractivity contribution in [1.29, 1.82) is 0 Å². The minimum Gasteiger partial charge on any atom is -0.410 e. The highest BCUT2D eigenvalue weighted by Gasteiger charge is 2.28. The summed E-state index contributed by atoms with van der Waals surface area (Å²) in [5.41, 5.74) is 3.55. The fourth-order valence-electron chi connectivity index (χ4n) is 3.29. The molecule has 4 rings (SSSR count). The number of thioether (sulfide) groups is 1. The van der Waals surface area contributed by atoms with Crippen LogP contribution in [0.3, 0.4) is 0 Å². The number of aliphatic imine (C=N–C) groups is 1. The van der Waals surface area contributed by atoms with E-state index in [-0.39, 0.29) is 11.7 Å². The number of benzene rings is 1. The van der Waals surface area contributed by atoms with E-state index in [9.17, 15) is 14.0 Å². The van der Waals surface area contributed by atoms with Crippen LogP contribution < -0.4 is 10.2 Å². The lowest BCUT2D eigenvalue weighted by Gasteiger charge is -2.28. The summed E-state index contributed by atoms with van der Waals surface area (Å²) < 4.78 is 19.3. The molecule has 3 heterocycles. The number of ether oxygens (including phenoxy) is 1. The third-order valence-electron chi connectivity index (χ3n) is 4.77. The second-order valence-corrected chi connectivity index (χ2v) is 7.83. The summed E-state index contributed by atoms with van der Waals surface area (Å²) in [4.78, 5) is 30.7. The van der Waals surface area contributed by atoms with Crippen molar-refractivity contribution in [3.8, 4) is 5.75 Å². The van der Waals surface area contributed by atoms with Gasteiger partial charge in [-0.1, -0.05) is 0 Å². The summed E-state index contributed by atoms with van der Waals surface area (Å²) in [5, 5.41) is 2.45. The number of carbonyl (C=O) groups is 2. The maximum Gasteiger partial charge on any atom is 0.415 e. The van der Waals surface area contributed by atoms with E-state index in [2.05, 4.69) is 10.4 Å². The molecule has 9 heteroatoms. The zero-order valence-electron chi connectivity index (χ0n) is 15.3. The van der Waals surface area contributed by atoms with Gasteiger partial charge in [0, 0.05) is 31.7 Å². The number of amidine groups is 1. The molecule has 0 bridgehead atoms. The molecule has 3 aliphatic rings. The van der Waals surface area contributed by atoms with Crippen LogP contribution in [0.4, 0.5) is 9.18 Å². The first-order valence-electron chi connectivity index (χ1n) is 9.40. The third kappa shape index (κ3) is 4.20. The molecule has 2 amide bonds. The van der Waals surface area contributed by atoms with Crippen molar-refractivity contribution < 1.29 is 18.7 Å². The summed E-state index contributed by atoms with van der Waals surface area (Å²) in [5.74, 6) is -0.626. The molecule has 28 heavy (non-hydrogen) atoms. The topological polar surface area (TPSA) is 74.2 Å². The van der Waals surface area contributed by atoms with Gasteiger partial charge in [0.2, 0.25) is 0 Å². The molecule has 2 saturated heterocycles. The standard InChI is InChI=1S/C19H21FN4O3S/c20-14-5-6-15(27-19(26)23-8-3-4-9-23)13(11-14)12-16-17(25)22-18(28-16)24-10-2-1-7-21-24/h5-6,11-12,21H,1-4,7-10H2. The molecule has 0 aromatic heterocycles. The molecular weight excluding hydrogens is 383 g/mol. The number of rotatable bonds is 2. The van der Waals surface area contributed by atoms with E-state index >= 15 is 0 Å². The van der Waals surface area contributed by atoms with Crippen LogP contribution in [-0.2, 0) is 4.79 Å². The summed E-state index contributed by atoms with van der Waals surface area (Å²) in [7, 11) is 0. The van der Waals surface area contributed by atoms with Crippen LogP contribution in [0, 0.1) is 5.82 Å². The predicted octanol–water partition coefficient (Wildman–Crippen LogP) is 2.99. The molecule has 1 N–H and O–H groups in total. The molecular formula is C19H21FN4O3S. The van der Waals surface area contributed by atoms with Crippen molar-refractivity contribution in [1.82, 2.24) is 15.3 Å². The number of hydrogen-bond acceptors (Lipinski definition) is 6. The maximum atomic E-state index is 13.8. The Morgan fingerprint density at radius 2 is 2.00 bits per heavy atom. The number of hydrogen-bond donors (Lipinski definition) is 1. The normalized spacial score (nSPS) is 21.4. The number of nitrogens with zero attached hydrogens (tertiary/aromatic N) is 3. The van der Waals surface area contributed by atoms with Gasteiger partial charge in [-0.3, -0.25) is 9.80 Å². The van der Waals surface area contributed by atoms with Gasteiger partial charge in [0.1, 0.15) is 11.6 Å². The number of likely N-dealkylation sites (tertiary alicyclic amines) is 1. The van der Waals surface area contributed by atoms with E-state index in [1.54, 1.807) is 4.90 Å². The van der Waals surface area contributed by atoms with Crippen LogP contribution in [0.2, 0.25) is 0 Å². The highest BCUT2D eigenvalue weighted by molar-refractivity contribution is 8.18. The molecule has 148 valence electrons. The number of nitrogens with one attached hydrogen (secondary N) is 1. The quantitative estimate of drug-likeness (QED) is 0.764. The minimum atomic E-state index is -0.470. The first-order chi connectivity index (χ1) is 13.6. The first-order valence-corrected chi connectivity index (χ1v) is 10.2. The van der Waals surface area contributed by atoms with Gasteiger partial charge in [0.05, 0.1) is 4.91 Å². The third-order valence-corrected chi connectivity index (χ3v) is 5.78. The van der Waals surface area contributed by atoms with Crippen molar-refractivity contribution >= 4 is 35.0 Å². The Labute approximate surface area is 166 Å². The van der Waals surface area contributed by atoms with Gasteiger partial charge in [0.15, 0.2) is 5.17 Å². The molecule has 0 aliphatic carbocycles. The van der Waals surface area contributed by atoms with Gasteiger partial charge in [-0.15, -0.1) is 0 Å². The SMILES string of the molecule is O=C1N=C(N2CCCCN2)SC1=Cc1cc(F)ccc1OC(=O)N1CCCC1. The van der Waals surface area contributed by atoms with Crippen LogP contribution >= 0.6 is 11.8 Å². The van der Waals surface area contributed by atoms with Crippen molar-refractivity contribution in [2.24, 2.45) is 4.99 Å². The van der Waals surface area contributed by atoms with E-state index in [0.717, 1.165) is 38.8 Å². The van der Waals surface area contributed by atoms with Crippen LogP contribution in [-0.4, -0.2) is 53.3 Å². The lowest BCUT2D eigenvalue weighted by Crippen LogP contribution is -2.45. The van der Waals surface area contributed by atoms with E-state index in [4.69, 9.17) is 4.74 Å². The van der Waals surface area contributed by atoms with Crippen LogP contribution in [0.1, 0.15) is 31.2 Å². The Balaban J connectivity index is 1.53. The number of halogens is 1. The van der Waals surface area contributed by atoms with E-state index in [1.807, 2.05) is 5.01 Å². The molecule has 7 nitrogen and oxygen atoms in total. The molecule has 1 aromatic carbocycles. The van der Waals surface area contributed by atoms with Crippen LogP contribution in [0.25, 0.3) is 6.08 Å². The van der Waals surface area contributed by atoms with Crippen LogP contribution in [0.15, 0.2) is 28.1 Å². The van der Waals surface area contributed by atoms with Crippen molar-refractivity contribution in [2.45, 2.75) is 25.7 Å². The Hall–Kier alpha value is -2.39. The molecule has 0 radical (unpaired) electrons. The molecule has 1 aromatic rings. The van der Waals surface area contributed by atoms with Crippen LogP contribution in [0.5, 0.6) is 5.75 Å². The minimum absolute atomic E-state index is 0.226. The van der Waals surface area contributed by atoms with Crippen molar-refractivity contribution in [2.75, 3.05) is 26.2 Å².